The number of hydrogen-bond acceptors (Lipinski definition) is 5. The van der Waals surface area contributed by atoms with E-state index < -0.39 is 0 Å². The van der Waals surface area contributed by atoms with Crippen molar-refractivity contribution in [1.82, 2.24) is 15.1 Å². The van der Waals surface area contributed by atoms with E-state index in [0.29, 0.717) is 36.2 Å². The fourth-order valence-electron chi connectivity index (χ4n) is 4.98. The third-order valence-corrected chi connectivity index (χ3v) is 6.55. The van der Waals surface area contributed by atoms with Gasteiger partial charge < -0.3 is 14.5 Å². The molecule has 144 valence electrons. The van der Waals surface area contributed by atoms with Crippen LogP contribution >= 0.6 is 11.6 Å². The van der Waals surface area contributed by atoms with Gasteiger partial charge in [0.05, 0.1) is 24.8 Å². The van der Waals surface area contributed by atoms with Crippen molar-refractivity contribution in [2.45, 2.75) is 38.0 Å². The second kappa shape index (κ2) is 7.15. The third kappa shape index (κ3) is 3.40. The van der Waals surface area contributed by atoms with Crippen LogP contribution in [0.2, 0.25) is 5.22 Å². The number of nitrogens with zero attached hydrogens (tertiary/aromatic N) is 2. The molecule has 26 heavy (non-hydrogen) atoms. The summed E-state index contributed by atoms with van der Waals surface area (Å²) in [4.78, 5) is 16.6. The zero-order valence-electron chi connectivity index (χ0n) is 15.5. The van der Waals surface area contributed by atoms with Crippen molar-refractivity contribution in [1.29, 1.82) is 0 Å². The minimum absolute atomic E-state index is 0.0311. The Morgan fingerprint density at radius 3 is 3.08 bits per heavy atom. The Morgan fingerprint density at radius 2 is 2.35 bits per heavy atom. The number of carbonyl (C=O) groups is 1. The van der Waals surface area contributed by atoms with Crippen LogP contribution in [0, 0.1) is 11.8 Å². The van der Waals surface area contributed by atoms with Gasteiger partial charge in [0, 0.05) is 31.5 Å². The van der Waals surface area contributed by atoms with Crippen LogP contribution in [0.4, 0.5) is 0 Å². The molecule has 7 heteroatoms. The fourth-order valence-corrected chi connectivity index (χ4v) is 5.14. The van der Waals surface area contributed by atoms with Crippen LogP contribution in [0.5, 0.6) is 0 Å². The summed E-state index contributed by atoms with van der Waals surface area (Å²) in [6, 6.07) is 3.73. The van der Waals surface area contributed by atoms with Gasteiger partial charge in [-0.3, -0.25) is 14.6 Å². The lowest BCUT2D eigenvalue weighted by Gasteiger charge is -2.29. The van der Waals surface area contributed by atoms with E-state index >= 15 is 0 Å². The number of likely N-dealkylation sites (N-methyl/N-ethyl adjacent to an activating group) is 1. The molecule has 6 nitrogen and oxygen atoms in total. The van der Waals surface area contributed by atoms with Gasteiger partial charge in [-0.1, -0.05) is 6.92 Å². The van der Waals surface area contributed by atoms with Crippen molar-refractivity contribution in [2.75, 3.05) is 39.8 Å². The lowest BCUT2D eigenvalue weighted by Crippen LogP contribution is -2.43. The van der Waals surface area contributed by atoms with Crippen molar-refractivity contribution in [2.24, 2.45) is 11.8 Å². The number of hydrogen-bond donors (Lipinski definition) is 1. The van der Waals surface area contributed by atoms with E-state index in [4.69, 9.17) is 20.8 Å². The zero-order chi connectivity index (χ0) is 18.3. The van der Waals surface area contributed by atoms with Crippen LogP contribution in [0.25, 0.3) is 0 Å². The van der Waals surface area contributed by atoms with Crippen LogP contribution in [-0.4, -0.2) is 67.2 Å². The summed E-state index contributed by atoms with van der Waals surface area (Å²) in [5.74, 6) is 1.89. The summed E-state index contributed by atoms with van der Waals surface area (Å²) in [5.41, 5.74) is -0.0311. The summed E-state index contributed by atoms with van der Waals surface area (Å²) in [7, 11) is 1.96. The van der Waals surface area contributed by atoms with Crippen molar-refractivity contribution >= 4 is 17.5 Å². The minimum atomic E-state index is -0.0311. The monoisotopic (exact) mass is 381 g/mol. The molecule has 3 fully saturated rings. The molecule has 3 aliphatic rings. The molecule has 4 rings (SSSR count). The molecule has 0 aromatic carbocycles. The third-order valence-electron chi connectivity index (χ3n) is 6.35. The molecular formula is C19H28ClN3O3. The zero-order valence-corrected chi connectivity index (χ0v) is 16.3. The number of furan rings is 1. The van der Waals surface area contributed by atoms with Crippen LogP contribution in [0.3, 0.4) is 0 Å². The van der Waals surface area contributed by atoms with Crippen LogP contribution in [-0.2, 0) is 16.1 Å². The maximum Gasteiger partial charge on any atom is 0.234 e. The predicted molar refractivity (Wildman–Crippen MR) is 99.0 cm³/mol. The van der Waals surface area contributed by atoms with E-state index in [-0.39, 0.29) is 11.5 Å². The molecule has 1 amide bonds. The molecule has 0 saturated carbocycles. The van der Waals surface area contributed by atoms with E-state index in [9.17, 15) is 4.79 Å². The summed E-state index contributed by atoms with van der Waals surface area (Å²) >= 11 is 5.89. The molecule has 3 aliphatic heterocycles. The van der Waals surface area contributed by atoms with Gasteiger partial charge in [-0.05, 0) is 50.2 Å². The molecule has 1 aromatic heterocycles. The maximum atomic E-state index is 12.1. The van der Waals surface area contributed by atoms with E-state index in [1.807, 2.05) is 18.0 Å². The number of nitrogens with one attached hydrogen (secondary N) is 1. The number of fused-ring (bicyclic) bond motifs is 1. The highest BCUT2D eigenvalue weighted by Gasteiger charge is 2.62. The first-order chi connectivity index (χ1) is 12.5. The highest BCUT2D eigenvalue weighted by Crippen LogP contribution is 2.54. The lowest BCUT2D eigenvalue weighted by molar-refractivity contribution is -0.122. The lowest BCUT2D eigenvalue weighted by atomic mass is 9.73. The summed E-state index contributed by atoms with van der Waals surface area (Å²) in [5, 5.41) is 3.57. The SMILES string of the molecule is CCN(C)CC(=O)NC[C@H]1[C@H]2CN(Cc3ccc(Cl)o3)C[C@]23CC[C@H]1O3. The smallest absolute Gasteiger partial charge is 0.234 e. The Balaban J connectivity index is 1.36. The predicted octanol–water partition coefficient (Wildman–Crippen LogP) is 1.98. The van der Waals surface area contributed by atoms with Gasteiger partial charge in [-0.25, -0.2) is 0 Å². The number of halogens is 1. The maximum absolute atomic E-state index is 12.1. The Kier molecular flexibility index (Phi) is 5.03. The molecule has 0 unspecified atom stereocenters. The van der Waals surface area contributed by atoms with E-state index in [2.05, 4.69) is 17.1 Å². The normalized spacial score (nSPS) is 33.2. The number of carbonyl (C=O) groups excluding carboxylic acids is 1. The molecule has 1 spiro atoms. The van der Waals surface area contributed by atoms with Crippen molar-refractivity contribution < 1.29 is 13.9 Å². The quantitative estimate of drug-likeness (QED) is 0.782. The Labute approximate surface area is 159 Å². The second-order valence-corrected chi connectivity index (χ2v) is 8.41. The average Bonchev–Trinajstić information content (AvgIpc) is 3.33. The van der Waals surface area contributed by atoms with Crippen LogP contribution < -0.4 is 5.32 Å². The molecule has 0 aliphatic carbocycles. The minimum Gasteiger partial charge on any atom is -0.448 e. The summed E-state index contributed by atoms with van der Waals surface area (Å²) < 4.78 is 12.0. The van der Waals surface area contributed by atoms with Gasteiger partial charge in [0.1, 0.15) is 5.76 Å². The molecule has 3 saturated heterocycles. The fraction of sp³-hybridized carbons (Fsp3) is 0.737. The van der Waals surface area contributed by atoms with E-state index in [0.717, 1.165) is 44.8 Å². The summed E-state index contributed by atoms with van der Waals surface area (Å²) in [6.07, 6.45) is 2.53. The molecule has 4 atom stereocenters. The molecule has 0 radical (unpaired) electrons. The Morgan fingerprint density at radius 1 is 1.50 bits per heavy atom. The second-order valence-electron chi connectivity index (χ2n) is 8.04. The van der Waals surface area contributed by atoms with Crippen molar-refractivity contribution in [3.8, 4) is 0 Å². The highest BCUT2D eigenvalue weighted by atomic mass is 35.5. The van der Waals surface area contributed by atoms with Gasteiger partial charge >= 0.3 is 0 Å². The summed E-state index contributed by atoms with van der Waals surface area (Å²) in [6.45, 7) is 6.79. The number of amides is 1. The highest BCUT2D eigenvalue weighted by molar-refractivity contribution is 6.28. The van der Waals surface area contributed by atoms with Gasteiger partial charge in [0.25, 0.3) is 0 Å². The average molecular weight is 382 g/mol. The van der Waals surface area contributed by atoms with E-state index in [1.165, 1.54) is 0 Å². The van der Waals surface area contributed by atoms with Gasteiger partial charge in [-0.15, -0.1) is 0 Å². The first kappa shape index (κ1) is 18.3. The van der Waals surface area contributed by atoms with Crippen LogP contribution in [0.15, 0.2) is 16.5 Å². The molecule has 4 heterocycles. The Bertz CT molecular complexity index is 666. The van der Waals surface area contributed by atoms with Gasteiger partial charge in [0.2, 0.25) is 5.91 Å². The number of likely N-dealkylation sites (tertiary alicyclic amines) is 1. The van der Waals surface area contributed by atoms with Crippen molar-refractivity contribution in [3.05, 3.63) is 23.1 Å². The van der Waals surface area contributed by atoms with Crippen LogP contribution in [0.1, 0.15) is 25.5 Å². The molecule has 1 aromatic rings. The van der Waals surface area contributed by atoms with E-state index in [1.54, 1.807) is 6.07 Å². The van der Waals surface area contributed by atoms with Gasteiger partial charge in [0.15, 0.2) is 5.22 Å². The largest absolute Gasteiger partial charge is 0.448 e. The Hall–Kier alpha value is -1.08. The molecule has 2 bridgehead atoms. The standard InChI is InChI=1S/C19H28ClN3O3/c1-3-22(2)11-18(24)21-8-14-15-10-23(9-13-4-5-17(20)25-13)12-19(15)7-6-16(14)26-19/h4-5,14-16H,3,6-12H2,1-2H3,(H,21,24)/t14-,15+,16+,19+/m0/s1. The number of ether oxygens (including phenoxy) is 1. The number of rotatable bonds is 7. The van der Waals surface area contributed by atoms with Gasteiger partial charge in [-0.2, -0.15) is 0 Å². The molecule has 1 N–H and O–H groups in total. The first-order valence-electron chi connectivity index (χ1n) is 9.59. The first-order valence-corrected chi connectivity index (χ1v) is 9.96. The topological polar surface area (TPSA) is 58.0 Å². The van der Waals surface area contributed by atoms with Crippen molar-refractivity contribution in [3.63, 3.8) is 0 Å². The molecular weight excluding hydrogens is 354 g/mol.